The van der Waals surface area contributed by atoms with E-state index in [1.807, 2.05) is 54.6 Å². The van der Waals surface area contributed by atoms with E-state index in [4.69, 9.17) is 9.15 Å². The van der Waals surface area contributed by atoms with Gasteiger partial charge < -0.3 is 19.4 Å². The van der Waals surface area contributed by atoms with E-state index in [1.165, 1.54) is 6.26 Å². The van der Waals surface area contributed by atoms with E-state index in [1.54, 1.807) is 17.0 Å². The highest BCUT2D eigenvalue weighted by Crippen LogP contribution is 2.25. The molecule has 4 rings (SSSR count). The van der Waals surface area contributed by atoms with Gasteiger partial charge in [-0.25, -0.2) is 0 Å². The molecule has 0 atom stereocenters. The van der Waals surface area contributed by atoms with Gasteiger partial charge in [0.1, 0.15) is 11.5 Å². The van der Waals surface area contributed by atoms with Gasteiger partial charge in [0, 0.05) is 31.1 Å². The zero-order valence-corrected chi connectivity index (χ0v) is 16.6. The first-order valence-corrected chi connectivity index (χ1v) is 10.1. The van der Waals surface area contributed by atoms with Gasteiger partial charge in [-0.15, -0.1) is 0 Å². The average molecular weight is 404 g/mol. The second kappa shape index (κ2) is 9.31. The first kappa shape index (κ1) is 19.8. The molecule has 1 fully saturated rings. The Hall–Kier alpha value is -3.54. The topological polar surface area (TPSA) is 71.8 Å². The molecular formula is C24H24N2O4. The van der Waals surface area contributed by atoms with Crippen molar-refractivity contribution in [2.24, 2.45) is 5.92 Å². The average Bonchev–Trinajstić information content (AvgIpc) is 3.34. The lowest BCUT2D eigenvalue weighted by Gasteiger charge is -2.30. The van der Waals surface area contributed by atoms with Gasteiger partial charge >= 0.3 is 0 Å². The minimum atomic E-state index is -0.120. The van der Waals surface area contributed by atoms with Crippen LogP contribution >= 0.6 is 0 Å². The minimum Gasteiger partial charge on any atom is -0.459 e. The van der Waals surface area contributed by atoms with Crippen LogP contribution in [0.25, 0.3) is 0 Å². The van der Waals surface area contributed by atoms with E-state index in [-0.39, 0.29) is 17.7 Å². The largest absolute Gasteiger partial charge is 0.459 e. The third-order valence-corrected chi connectivity index (χ3v) is 5.28. The molecule has 0 unspecified atom stereocenters. The molecule has 2 heterocycles. The number of likely N-dealkylation sites (tertiary alicyclic amines) is 1. The summed E-state index contributed by atoms with van der Waals surface area (Å²) in [5, 5.41) is 3.03. The normalized spacial score (nSPS) is 14.3. The number of benzene rings is 2. The van der Waals surface area contributed by atoms with Crippen molar-refractivity contribution in [3.63, 3.8) is 0 Å². The van der Waals surface area contributed by atoms with Crippen molar-refractivity contribution in [3.05, 3.63) is 84.3 Å². The fourth-order valence-electron chi connectivity index (χ4n) is 3.59. The van der Waals surface area contributed by atoms with Crippen LogP contribution in [0.1, 0.15) is 29.0 Å². The molecule has 1 aromatic heterocycles. The van der Waals surface area contributed by atoms with Crippen molar-refractivity contribution >= 4 is 11.8 Å². The van der Waals surface area contributed by atoms with Gasteiger partial charge in [0.15, 0.2) is 5.76 Å². The van der Waals surface area contributed by atoms with E-state index in [9.17, 15) is 9.59 Å². The van der Waals surface area contributed by atoms with Crippen molar-refractivity contribution in [2.75, 3.05) is 13.1 Å². The number of carbonyl (C=O) groups excluding carboxylic acids is 2. The summed E-state index contributed by atoms with van der Waals surface area (Å²) in [4.78, 5) is 26.8. The number of rotatable bonds is 6. The molecule has 0 aliphatic carbocycles. The second-order valence-corrected chi connectivity index (χ2v) is 7.28. The molecule has 0 bridgehead atoms. The number of piperidine rings is 1. The molecule has 154 valence electrons. The number of hydrogen-bond donors (Lipinski definition) is 1. The highest BCUT2D eigenvalue weighted by Gasteiger charge is 2.28. The van der Waals surface area contributed by atoms with Gasteiger partial charge in [0.25, 0.3) is 5.91 Å². The van der Waals surface area contributed by atoms with Gasteiger partial charge in [-0.05, 0) is 43.2 Å². The Bertz CT molecular complexity index is 977. The van der Waals surface area contributed by atoms with Gasteiger partial charge in [-0.2, -0.15) is 0 Å². The summed E-state index contributed by atoms with van der Waals surface area (Å²) in [5.74, 6) is 1.61. The summed E-state index contributed by atoms with van der Waals surface area (Å²) < 4.78 is 11.1. The van der Waals surface area contributed by atoms with E-state index >= 15 is 0 Å². The molecule has 6 heteroatoms. The summed E-state index contributed by atoms with van der Waals surface area (Å²) in [6.07, 6.45) is 2.77. The smallest absolute Gasteiger partial charge is 0.289 e. The Morgan fingerprint density at radius 2 is 1.70 bits per heavy atom. The summed E-state index contributed by atoms with van der Waals surface area (Å²) in [6, 6.07) is 20.6. The third kappa shape index (κ3) is 4.71. The zero-order valence-electron chi connectivity index (χ0n) is 16.6. The Balaban J connectivity index is 1.30. The van der Waals surface area contributed by atoms with Crippen LogP contribution in [-0.4, -0.2) is 29.8 Å². The fraction of sp³-hybridized carbons (Fsp3) is 0.250. The maximum Gasteiger partial charge on any atom is 0.289 e. The predicted octanol–water partition coefficient (Wildman–Crippen LogP) is 4.24. The minimum absolute atomic E-state index is 0.00890. The predicted molar refractivity (Wildman–Crippen MR) is 112 cm³/mol. The highest BCUT2D eigenvalue weighted by atomic mass is 16.5. The molecule has 2 aromatic carbocycles. The highest BCUT2D eigenvalue weighted by molar-refractivity contribution is 5.91. The molecule has 0 saturated carbocycles. The quantitative estimate of drug-likeness (QED) is 0.667. The number of amides is 2. The number of ether oxygens (including phenoxy) is 1. The zero-order chi connectivity index (χ0) is 20.8. The molecule has 1 saturated heterocycles. The molecule has 1 aliphatic heterocycles. The van der Waals surface area contributed by atoms with Gasteiger partial charge in [0.2, 0.25) is 5.91 Å². The molecule has 1 N–H and O–H groups in total. The first-order chi connectivity index (χ1) is 14.7. The van der Waals surface area contributed by atoms with Crippen LogP contribution in [-0.2, 0) is 11.3 Å². The van der Waals surface area contributed by atoms with E-state index in [0.717, 1.165) is 17.1 Å². The maximum atomic E-state index is 12.7. The molecule has 30 heavy (non-hydrogen) atoms. The number of nitrogens with zero attached hydrogens (tertiary/aromatic N) is 1. The van der Waals surface area contributed by atoms with Gasteiger partial charge in [0.05, 0.1) is 6.26 Å². The number of furan rings is 1. The second-order valence-electron chi connectivity index (χ2n) is 7.28. The van der Waals surface area contributed by atoms with Crippen molar-refractivity contribution in [2.45, 2.75) is 19.4 Å². The van der Waals surface area contributed by atoms with Crippen LogP contribution in [0.4, 0.5) is 0 Å². The van der Waals surface area contributed by atoms with E-state index in [2.05, 4.69) is 5.32 Å². The Morgan fingerprint density at radius 3 is 2.43 bits per heavy atom. The molecular weight excluding hydrogens is 380 g/mol. The molecule has 1 aliphatic rings. The van der Waals surface area contributed by atoms with Gasteiger partial charge in [-0.1, -0.05) is 36.4 Å². The third-order valence-electron chi connectivity index (χ3n) is 5.28. The maximum absolute atomic E-state index is 12.7. The SMILES string of the molecule is O=C(NCc1ccccc1Oc1ccccc1)C1CCN(C(=O)c2ccco2)CC1. The molecule has 0 radical (unpaired) electrons. The molecule has 2 amide bonds. The first-order valence-electron chi connectivity index (χ1n) is 10.1. The fourth-order valence-corrected chi connectivity index (χ4v) is 3.59. The van der Waals surface area contributed by atoms with Crippen LogP contribution in [0.15, 0.2) is 77.4 Å². The molecule has 3 aromatic rings. The number of para-hydroxylation sites is 2. The summed E-state index contributed by atoms with van der Waals surface area (Å²) in [7, 11) is 0. The Morgan fingerprint density at radius 1 is 0.967 bits per heavy atom. The van der Waals surface area contributed by atoms with Crippen LogP contribution in [0.3, 0.4) is 0 Å². The number of hydrogen-bond acceptors (Lipinski definition) is 4. The van der Waals surface area contributed by atoms with Crippen LogP contribution in [0.5, 0.6) is 11.5 Å². The summed E-state index contributed by atoms with van der Waals surface area (Å²) in [6.45, 7) is 1.49. The summed E-state index contributed by atoms with van der Waals surface area (Å²) >= 11 is 0. The molecule has 0 spiro atoms. The molecule has 6 nitrogen and oxygen atoms in total. The standard InChI is InChI=1S/C24H24N2O4/c27-23(18-12-14-26(15-13-18)24(28)22-11-6-16-29-22)25-17-19-7-4-5-10-21(19)30-20-8-2-1-3-9-20/h1-11,16,18H,12-15,17H2,(H,25,27). The van der Waals surface area contributed by atoms with Crippen LogP contribution in [0, 0.1) is 5.92 Å². The van der Waals surface area contributed by atoms with Gasteiger partial charge in [-0.3, -0.25) is 9.59 Å². The van der Waals surface area contributed by atoms with Crippen molar-refractivity contribution in [1.82, 2.24) is 10.2 Å². The monoisotopic (exact) mass is 404 g/mol. The van der Waals surface area contributed by atoms with Crippen LogP contribution < -0.4 is 10.1 Å². The van der Waals surface area contributed by atoms with Crippen molar-refractivity contribution in [3.8, 4) is 11.5 Å². The van der Waals surface area contributed by atoms with Crippen LogP contribution in [0.2, 0.25) is 0 Å². The van der Waals surface area contributed by atoms with E-state index < -0.39 is 0 Å². The van der Waals surface area contributed by atoms with E-state index in [0.29, 0.717) is 38.2 Å². The number of carbonyl (C=O) groups is 2. The lowest BCUT2D eigenvalue weighted by Crippen LogP contribution is -2.42. The lowest BCUT2D eigenvalue weighted by atomic mass is 9.95. The lowest BCUT2D eigenvalue weighted by molar-refractivity contribution is -0.126. The summed E-state index contributed by atoms with van der Waals surface area (Å²) in [5.41, 5.74) is 0.917. The Kier molecular flexibility index (Phi) is 6.13. The van der Waals surface area contributed by atoms with Crippen molar-refractivity contribution < 1.29 is 18.7 Å². The Labute approximate surface area is 175 Å². The van der Waals surface area contributed by atoms with Crippen molar-refractivity contribution in [1.29, 1.82) is 0 Å². The number of nitrogens with one attached hydrogen (secondary N) is 1.